The van der Waals surface area contributed by atoms with Crippen LogP contribution in [0.4, 0.5) is 0 Å². The van der Waals surface area contributed by atoms with Crippen molar-refractivity contribution in [2.75, 3.05) is 0 Å². The molecule has 1 heterocycles. The first kappa shape index (κ1) is 22.5. The molecule has 1 aromatic heterocycles. The van der Waals surface area contributed by atoms with Gasteiger partial charge in [-0.3, -0.25) is 4.79 Å². The van der Waals surface area contributed by atoms with E-state index in [1.165, 1.54) is 6.07 Å². The largest absolute Gasteiger partial charge is 0.481 e. The van der Waals surface area contributed by atoms with Crippen LogP contribution in [-0.2, 0) is 16.0 Å². The number of benzene rings is 1. The normalized spacial score (nSPS) is 13.1. The summed E-state index contributed by atoms with van der Waals surface area (Å²) in [5, 5.41) is 12.6. The highest BCUT2D eigenvalue weighted by Crippen LogP contribution is 2.24. The molecule has 2 rings (SSSR count). The van der Waals surface area contributed by atoms with Crippen LogP contribution < -0.4 is 15.7 Å². The van der Waals surface area contributed by atoms with E-state index in [1.807, 2.05) is 13.0 Å². The number of unbranched alkanes of at least 4 members (excludes halogenated alkanes) is 2. The van der Waals surface area contributed by atoms with Crippen molar-refractivity contribution in [3.63, 3.8) is 0 Å². The summed E-state index contributed by atoms with van der Waals surface area (Å²) in [6.45, 7) is 5.59. The minimum Gasteiger partial charge on any atom is -0.481 e. The van der Waals surface area contributed by atoms with Gasteiger partial charge in [0.1, 0.15) is 17.4 Å². The van der Waals surface area contributed by atoms with E-state index in [4.69, 9.17) is 9.15 Å². The maximum Gasteiger partial charge on any atom is 0.336 e. The van der Waals surface area contributed by atoms with Crippen LogP contribution in [0.25, 0.3) is 11.0 Å². The van der Waals surface area contributed by atoms with Gasteiger partial charge in [0.15, 0.2) is 6.10 Å². The molecule has 0 saturated heterocycles. The van der Waals surface area contributed by atoms with Crippen molar-refractivity contribution < 1.29 is 23.8 Å². The second kappa shape index (κ2) is 10.6. The van der Waals surface area contributed by atoms with Gasteiger partial charge in [-0.2, -0.15) is 0 Å². The summed E-state index contributed by atoms with van der Waals surface area (Å²) in [4.78, 5) is 35.5. The van der Waals surface area contributed by atoms with Gasteiger partial charge in [-0.05, 0) is 43.9 Å². The Labute approximate surface area is 170 Å². The Morgan fingerprint density at radius 2 is 1.90 bits per heavy atom. The number of carbonyl (C=O) groups is 2. The fourth-order valence-electron chi connectivity index (χ4n) is 3.07. The molecule has 0 aliphatic heterocycles. The number of amides is 1. The highest BCUT2D eigenvalue weighted by molar-refractivity contribution is 5.86. The SMILES string of the molecule is CCCCc1cc(=O)oc2cc(O[C@H](C)C(=O)N[C@H](CCCC)C(=O)O)ccc12. The summed E-state index contributed by atoms with van der Waals surface area (Å²) < 4.78 is 11.0. The minimum absolute atomic E-state index is 0.367. The fourth-order valence-corrected chi connectivity index (χ4v) is 3.07. The lowest BCUT2D eigenvalue weighted by atomic mass is 10.0. The number of aliphatic carboxylic acids is 1. The number of carbonyl (C=O) groups excluding carboxylic acids is 1. The molecule has 1 amide bonds. The van der Waals surface area contributed by atoms with Crippen molar-refractivity contribution in [3.05, 3.63) is 40.2 Å². The van der Waals surface area contributed by atoms with E-state index in [1.54, 1.807) is 19.1 Å². The molecule has 0 bridgehead atoms. The Hall–Kier alpha value is -2.83. The molecule has 7 nitrogen and oxygen atoms in total. The molecule has 2 aromatic rings. The number of carboxylic acid groups (broad SMARTS) is 1. The summed E-state index contributed by atoms with van der Waals surface area (Å²) in [5.74, 6) is -1.20. The number of aryl methyl sites for hydroxylation is 1. The van der Waals surface area contributed by atoms with Crippen LogP contribution in [-0.4, -0.2) is 29.1 Å². The molecule has 0 saturated carbocycles. The zero-order valence-corrected chi connectivity index (χ0v) is 17.2. The van der Waals surface area contributed by atoms with E-state index in [-0.39, 0.29) is 0 Å². The maximum absolute atomic E-state index is 12.3. The van der Waals surface area contributed by atoms with Gasteiger partial charge >= 0.3 is 11.6 Å². The molecule has 2 atom stereocenters. The zero-order valence-electron chi connectivity index (χ0n) is 17.2. The van der Waals surface area contributed by atoms with Crippen molar-refractivity contribution in [1.29, 1.82) is 0 Å². The first-order chi connectivity index (χ1) is 13.8. The highest BCUT2D eigenvalue weighted by Gasteiger charge is 2.23. The maximum atomic E-state index is 12.3. The molecular formula is C22H29NO6. The minimum atomic E-state index is -1.06. The fraction of sp³-hybridized carbons (Fsp3) is 0.500. The molecule has 0 fully saturated rings. The summed E-state index contributed by atoms with van der Waals surface area (Å²) >= 11 is 0. The molecule has 0 radical (unpaired) electrons. The van der Waals surface area contributed by atoms with Crippen LogP contribution in [0.15, 0.2) is 33.5 Å². The van der Waals surface area contributed by atoms with Gasteiger partial charge in [-0.1, -0.05) is 33.1 Å². The average Bonchev–Trinajstić information content (AvgIpc) is 2.68. The number of carboxylic acids is 1. The van der Waals surface area contributed by atoms with Crippen LogP contribution >= 0.6 is 0 Å². The summed E-state index contributed by atoms with van der Waals surface area (Å²) in [5.41, 5.74) is 0.905. The Balaban J connectivity index is 2.13. The predicted octanol–water partition coefficient (Wildman–Crippen LogP) is 3.66. The van der Waals surface area contributed by atoms with Gasteiger partial charge in [-0.25, -0.2) is 9.59 Å². The predicted molar refractivity (Wildman–Crippen MR) is 110 cm³/mol. The van der Waals surface area contributed by atoms with Crippen LogP contribution in [0.5, 0.6) is 5.75 Å². The number of nitrogens with one attached hydrogen (secondary N) is 1. The molecule has 158 valence electrons. The zero-order chi connectivity index (χ0) is 21.4. The van der Waals surface area contributed by atoms with E-state index in [0.29, 0.717) is 24.2 Å². The molecule has 0 spiro atoms. The Morgan fingerprint density at radius 1 is 1.17 bits per heavy atom. The van der Waals surface area contributed by atoms with E-state index >= 15 is 0 Å². The van der Waals surface area contributed by atoms with Gasteiger partial charge in [0.25, 0.3) is 5.91 Å². The third-order valence-electron chi connectivity index (χ3n) is 4.74. The monoisotopic (exact) mass is 403 g/mol. The standard InChI is InChI=1S/C22H29NO6/c1-4-6-8-15-12-20(24)29-19-13-16(10-11-17(15)19)28-14(3)21(25)23-18(22(26)27)9-7-5-2/h10-14,18H,4-9H2,1-3H3,(H,23,25)(H,26,27)/t14-,18-/m1/s1. The van der Waals surface area contributed by atoms with Gasteiger partial charge in [0.05, 0.1) is 0 Å². The third kappa shape index (κ3) is 6.34. The van der Waals surface area contributed by atoms with Crippen LogP contribution in [0, 0.1) is 0 Å². The third-order valence-corrected chi connectivity index (χ3v) is 4.74. The van der Waals surface area contributed by atoms with Gasteiger partial charge in [-0.15, -0.1) is 0 Å². The molecule has 0 unspecified atom stereocenters. The van der Waals surface area contributed by atoms with E-state index in [9.17, 15) is 19.5 Å². The van der Waals surface area contributed by atoms with Crippen molar-refractivity contribution in [2.45, 2.75) is 71.4 Å². The van der Waals surface area contributed by atoms with E-state index < -0.39 is 29.6 Å². The second-order valence-electron chi connectivity index (χ2n) is 7.15. The van der Waals surface area contributed by atoms with Crippen molar-refractivity contribution >= 4 is 22.8 Å². The molecule has 29 heavy (non-hydrogen) atoms. The molecule has 1 aromatic carbocycles. The smallest absolute Gasteiger partial charge is 0.336 e. The molecule has 0 aliphatic carbocycles. The van der Waals surface area contributed by atoms with Crippen LogP contribution in [0.1, 0.15) is 58.4 Å². The van der Waals surface area contributed by atoms with E-state index in [2.05, 4.69) is 12.2 Å². The number of rotatable bonds is 11. The average molecular weight is 403 g/mol. The van der Waals surface area contributed by atoms with Crippen molar-refractivity contribution in [3.8, 4) is 5.75 Å². The van der Waals surface area contributed by atoms with Crippen LogP contribution in [0.3, 0.4) is 0 Å². The number of ether oxygens (including phenoxy) is 1. The Kier molecular flexibility index (Phi) is 8.24. The summed E-state index contributed by atoms with van der Waals surface area (Å²) in [7, 11) is 0. The van der Waals surface area contributed by atoms with Crippen molar-refractivity contribution in [1.82, 2.24) is 5.32 Å². The lowest BCUT2D eigenvalue weighted by molar-refractivity contribution is -0.143. The molecular weight excluding hydrogens is 374 g/mol. The topological polar surface area (TPSA) is 106 Å². The van der Waals surface area contributed by atoms with Gasteiger partial charge < -0.3 is 19.6 Å². The molecule has 0 aliphatic rings. The van der Waals surface area contributed by atoms with Gasteiger partial charge in [0.2, 0.25) is 0 Å². The Bertz CT molecular complexity index is 904. The quantitative estimate of drug-likeness (QED) is 0.555. The van der Waals surface area contributed by atoms with Gasteiger partial charge in [0, 0.05) is 17.5 Å². The number of hydrogen-bond donors (Lipinski definition) is 2. The van der Waals surface area contributed by atoms with E-state index in [0.717, 1.165) is 36.6 Å². The lowest BCUT2D eigenvalue weighted by Crippen LogP contribution is -2.46. The van der Waals surface area contributed by atoms with Crippen molar-refractivity contribution in [2.24, 2.45) is 0 Å². The molecule has 7 heteroatoms. The summed E-state index contributed by atoms with van der Waals surface area (Å²) in [6.07, 6.45) is 3.79. The summed E-state index contributed by atoms with van der Waals surface area (Å²) in [6, 6.07) is 5.68. The highest BCUT2D eigenvalue weighted by atomic mass is 16.5. The number of hydrogen-bond acceptors (Lipinski definition) is 5. The number of fused-ring (bicyclic) bond motifs is 1. The first-order valence-electron chi connectivity index (χ1n) is 10.1. The lowest BCUT2D eigenvalue weighted by Gasteiger charge is -2.19. The Morgan fingerprint density at radius 3 is 2.55 bits per heavy atom. The first-order valence-corrected chi connectivity index (χ1v) is 10.1. The molecule has 2 N–H and O–H groups in total. The van der Waals surface area contributed by atoms with Crippen LogP contribution in [0.2, 0.25) is 0 Å². The second-order valence-corrected chi connectivity index (χ2v) is 7.15.